The Balaban J connectivity index is 2.96. The van der Waals surface area contributed by atoms with Crippen LogP contribution in [0.25, 0.3) is 0 Å². The highest BCUT2D eigenvalue weighted by Gasteiger charge is 2.46. The largest absolute Gasteiger partial charge is 0.479 e. The van der Waals surface area contributed by atoms with E-state index >= 15 is 0 Å². The Bertz CT molecular complexity index is 528. The third-order valence-corrected chi connectivity index (χ3v) is 3.60. The maximum absolute atomic E-state index is 12.6. The topological polar surface area (TPSA) is 72.8 Å². The summed E-state index contributed by atoms with van der Waals surface area (Å²) in [6, 6.07) is 0. The van der Waals surface area contributed by atoms with Gasteiger partial charge in [0.05, 0.1) is 13.2 Å². The first kappa shape index (κ1) is 19.2. The van der Waals surface area contributed by atoms with E-state index in [1.54, 1.807) is 38.2 Å². The normalized spacial score (nSPS) is 22.9. The highest BCUT2D eigenvalue weighted by Crippen LogP contribution is 2.35. The summed E-state index contributed by atoms with van der Waals surface area (Å²) in [5, 5.41) is 9.18. The minimum atomic E-state index is -1.21. The molecule has 0 saturated heterocycles. The van der Waals surface area contributed by atoms with Crippen molar-refractivity contribution in [1.82, 2.24) is 0 Å². The number of hydrogen-bond donors (Lipinski definition) is 1. The van der Waals surface area contributed by atoms with Gasteiger partial charge in [-0.1, -0.05) is 38.0 Å². The van der Waals surface area contributed by atoms with Crippen molar-refractivity contribution in [2.75, 3.05) is 7.11 Å². The number of Topliss-reactive ketones (excluding diaryl/α,β-unsaturated/α-hetero) is 1. The van der Waals surface area contributed by atoms with Gasteiger partial charge in [0.25, 0.3) is 0 Å². The van der Waals surface area contributed by atoms with E-state index in [0.29, 0.717) is 12.2 Å². The average molecular weight is 322 g/mol. The van der Waals surface area contributed by atoms with Gasteiger partial charge in [0.2, 0.25) is 5.78 Å². The van der Waals surface area contributed by atoms with Crippen molar-refractivity contribution in [1.29, 1.82) is 0 Å². The first-order chi connectivity index (χ1) is 10.9. The Morgan fingerprint density at radius 3 is 2.65 bits per heavy atom. The van der Waals surface area contributed by atoms with E-state index in [0.717, 1.165) is 19.3 Å². The van der Waals surface area contributed by atoms with Gasteiger partial charge in [-0.05, 0) is 26.3 Å². The molecule has 0 bridgehead atoms. The number of rotatable bonds is 8. The van der Waals surface area contributed by atoms with Crippen LogP contribution in [0.15, 0.2) is 35.6 Å². The second-order valence-corrected chi connectivity index (χ2v) is 5.77. The molecule has 0 radical (unpaired) electrons. The molecular weight excluding hydrogens is 296 g/mol. The number of methoxy groups -OCH3 is 1. The molecule has 5 heteroatoms. The molecule has 0 fully saturated rings. The van der Waals surface area contributed by atoms with E-state index in [2.05, 4.69) is 6.92 Å². The molecule has 0 amide bonds. The molecule has 1 aliphatic rings. The van der Waals surface area contributed by atoms with Gasteiger partial charge in [0.1, 0.15) is 11.3 Å². The molecule has 0 aliphatic carbocycles. The zero-order valence-electron chi connectivity index (χ0n) is 14.3. The molecule has 0 aromatic rings. The summed E-state index contributed by atoms with van der Waals surface area (Å²) < 4.78 is 10.5. The standard InChI is InChI=1S/C18H26O5/c1-5-6-7-11-14-15(17(21)22-4)16(20)18(3,23-14)12-9-8-10-13(2)19/h8-10,12-13,19H,5-7,11H2,1-4H3/t13-,18-/m0/s1. The number of aliphatic hydroxyl groups excluding tert-OH is 1. The fourth-order valence-electron chi connectivity index (χ4n) is 2.32. The number of carbonyl (C=O) groups is 2. The van der Waals surface area contributed by atoms with Crippen molar-refractivity contribution in [3.05, 3.63) is 35.6 Å². The van der Waals surface area contributed by atoms with Crippen molar-refractivity contribution in [3.8, 4) is 0 Å². The summed E-state index contributed by atoms with van der Waals surface area (Å²) in [6.45, 7) is 5.33. The first-order valence-corrected chi connectivity index (χ1v) is 7.95. The highest BCUT2D eigenvalue weighted by atomic mass is 16.5. The van der Waals surface area contributed by atoms with E-state index in [4.69, 9.17) is 9.47 Å². The fraction of sp³-hybridized carbons (Fsp3) is 0.556. The minimum absolute atomic E-state index is 0.00950. The van der Waals surface area contributed by atoms with Gasteiger partial charge in [0, 0.05) is 6.42 Å². The van der Waals surface area contributed by atoms with Crippen LogP contribution >= 0.6 is 0 Å². The lowest BCUT2D eigenvalue weighted by atomic mass is 9.95. The van der Waals surface area contributed by atoms with Gasteiger partial charge in [-0.15, -0.1) is 0 Å². The van der Waals surface area contributed by atoms with Crippen LogP contribution in [0.3, 0.4) is 0 Å². The molecule has 128 valence electrons. The average Bonchev–Trinajstić information content (AvgIpc) is 2.75. The lowest BCUT2D eigenvalue weighted by molar-refractivity contribution is -0.138. The third kappa shape index (κ3) is 5.06. The molecule has 0 saturated carbocycles. The van der Waals surface area contributed by atoms with Crippen LogP contribution in [0.4, 0.5) is 0 Å². The highest BCUT2D eigenvalue weighted by molar-refractivity contribution is 6.22. The van der Waals surface area contributed by atoms with Gasteiger partial charge in [-0.3, -0.25) is 4.79 Å². The third-order valence-electron chi connectivity index (χ3n) is 3.60. The maximum Gasteiger partial charge on any atom is 0.345 e. The Hall–Kier alpha value is -1.88. The van der Waals surface area contributed by atoms with Gasteiger partial charge in [-0.25, -0.2) is 4.79 Å². The Morgan fingerprint density at radius 1 is 1.39 bits per heavy atom. The maximum atomic E-state index is 12.6. The van der Waals surface area contributed by atoms with Crippen molar-refractivity contribution >= 4 is 11.8 Å². The molecule has 0 aromatic carbocycles. The molecule has 1 N–H and O–H groups in total. The number of ketones is 1. The second-order valence-electron chi connectivity index (χ2n) is 5.77. The first-order valence-electron chi connectivity index (χ1n) is 7.95. The SMILES string of the molecule is CCCCCC1=C(C(=O)OC)C(=O)[C@](C)(C=CC=C[C@H](C)O)O1. The number of carbonyl (C=O) groups excluding carboxylic acids is 2. The van der Waals surface area contributed by atoms with Crippen molar-refractivity contribution in [2.45, 2.75) is 58.2 Å². The molecular formula is C18H26O5. The van der Waals surface area contributed by atoms with E-state index in [-0.39, 0.29) is 5.57 Å². The lowest BCUT2D eigenvalue weighted by Gasteiger charge is -2.19. The smallest absolute Gasteiger partial charge is 0.345 e. The van der Waals surface area contributed by atoms with E-state index in [1.165, 1.54) is 7.11 Å². The molecule has 5 nitrogen and oxygen atoms in total. The van der Waals surface area contributed by atoms with Gasteiger partial charge < -0.3 is 14.6 Å². The lowest BCUT2D eigenvalue weighted by Crippen LogP contribution is -2.32. The summed E-state index contributed by atoms with van der Waals surface area (Å²) in [5.41, 5.74) is -1.20. The van der Waals surface area contributed by atoms with E-state index in [9.17, 15) is 14.7 Å². The molecule has 1 heterocycles. The second kappa shape index (κ2) is 8.67. The predicted molar refractivity (Wildman–Crippen MR) is 87.6 cm³/mol. The van der Waals surface area contributed by atoms with Gasteiger partial charge in [-0.2, -0.15) is 0 Å². The minimum Gasteiger partial charge on any atom is -0.479 e. The van der Waals surface area contributed by atoms with Crippen LogP contribution in [0, 0.1) is 0 Å². The van der Waals surface area contributed by atoms with Gasteiger partial charge in [0.15, 0.2) is 5.60 Å². The van der Waals surface area contributed by atoms with Crippen molar-refractivity contribution < 1.29 is 24.2 Å². The molecule has 0 aromatic heterocycles. The van der Waals surface area contributed by atoms with E-state index < -0.39 is 23.5 Å². The molecule has 0 spiro atoms. The number of ether oxygens (including phenoxy) is 2. The van der Waals surface area contributed by atoms with Crippen LogP contribution in [0.5, 0.6) is 0 Å². The monoisotopic (exact) mass is 322 g/mol. The van der Waals surface area contributed by atoms with E-state index in [1.807, 2.05) is 0 Å². The number of aliphatic hydroxyl groups is 1. The number of allylic oxidation sites excluding steroid dienone is 3. The fourth-order valence-corrected chi connectivity index (χ4v) is 2.32. The summed E-state index contributed by atoms with van der Waals surface area (Å²) in [4.78, 5) is 24.5. The van der Waals surface area contributed by atoms with Crippen LogP contribution in [-0.4, -0.2) is 35.7 Å². The predicted octanol–water partition coefficient (Wildman–Crippen LogP) is 2.85. The zero-order chi connectivity index (χ0) is 17.5. The summed E-state index contributed by atoms with van der Waals surface area (Å²) in [6.07, 6.45) is 9.29. The Morgan fingerprint density at radius 2 is 2.09 bits per heavy atom. The summed E-state index contributed by atoms with van der Waals surface area (Å²) in [7, 11) is 1.25. The number of esters is 1. The van der Waals surface area contributed by atoms with Crippen LogP contribution in [-0.2, 0) is 19.1 Å². The summed E-state index contributed by atoms with van der Waals surface area (Å²) >= 11 is 0. The summed E-state index contributed by atoms with van der Waals surface area (Å²) in [5.74, 6) is -0.641. The van der Waals surface area contributed by atoms with Gasteiger partial charge >= 0.3 is 5.97 Å². The molecule has 2 atom stereocenters. The van der Waals surface area contributed by atoms with Crippen LogP contribution in [0.1, 0.15) is 46.5 Å². The molecule has 1 rings (SSSR count). The molecule has 1 aliphatic heterocycles. The quantitative estimate of drug-likeness (QED) is 0.322. The van der Waals surface area contributed by atoms with Crippen LogP contribution in [0.2, 0.25) is 0 Å². The van der Waals surface area contributed by atoms with Crippen molar-refractivity contribution in [3.63, 3.8) is 0 Å². The van der Waals surface area contributed by atoms with Crippen LogP contribution < -0.4 is 0 Å². The van der Waals surface area contributed by atoms with Crippen molar-refractivity contribution in [2.24, 2.45) is 0 Å². The zero-order valence-corrected chi connectivity index (χ0v) is 14.3. The number of unbranched alkanes of at least 4 members (excludes halogenated alkanes) is 2. The Labute approximate surface area is 137 Å². The Kier molecular flexibility index (Phi) is 7.23. The molecule has 0 unspecified atom stereocenters. The number of hydrogen-bond acceptors (Lipinski definition) is 5. The molecule has 23 heavy (non-hydrogen) atoms.